The Hall–Kier alpha value is -2.35. The fourth-order valence-electron chi connectivity index (χ4n) is 3.54. The summed E-state index contributed by atoms with van der Waals surface area (Å²) in [6.07, 6.45) is 2.66. The van der Waals surface area contributed by atoms with Crippen molar-refractivity contribution in [3.63, 3.8) is 0 Å². The van der Waals surface area contributed by atoms with Crippen LogP contribution in [0.2, 0.25) is 0 Å². The molecule has 2 fully saturated rings. The maximum absolute atomic E-state index is 13.9. The molecule has 0 radical (unpaired) electrons. The molecule has 0 aliphatic carbocycles. The summed E-state index contributed by atoms with van der Waals surface area (Å²) in [5.74, 6) is -0.378. The van der Waals surface area contributed by atoms with E-state index < -0.39 is 0 Å². The number of carbonyl (C=O) groups excluding carboxylic acids is 1. The van der Waals surface area contributed by atoms with Gasteiger partial charge in [0.1, 0.15) is 11.9 Å². The average Bonchev–Trinajstić information content (AvgIpc) is 2.72. The molecular formula is C21H30FN3O4. The van der Waals surface area contributed by atoms with Gasteiger partial charge in [-0.05, 0) is 26.0 Å². The number of likely N-dealkylation sites (tertiary alicyclic amines) is 1. The van der Waals surface area contributed by atoms with Gasteiger partial charge in [-0.1, -0.05) is 11.2 Å². The van der Waals surface area contributed by atoms with E-state index in [4.69, 9.17) is 14.7 Å². The lowest BCUT2D eigenvalue weighted by atomic mass is 10.1. The molecule has 2 aliphatic heterocycles. The number of hydrogen-bond donors (Lipinski definition) is 1. The van der Waals surface area contributed by atoms with Crippen molar-refractivity contribution < 1.29 is 23.9 Å². The first-order chi connectivity index (χ1) is 14.0. The number of piperidine rings is 2. The number of aliphatic hydroxyl groups is 1. The average molecular weight is 407 g/mol. The molecule has 1 aromatic rings. The molecule has 0 saturated carbocycles. The molecule has 1 amide bonds. The monoisotopic (exact) mass is 407 g/mol. The van der Waals surface area contributed by atoms with Crippen LogP contribution in [-0.2, 0) is 16.2 Å². The van der Waals surface area contributed by atoms with Gasteiger partial charge >= 0.3 is 6.09 Å². The molecule has 2 heterocycles. The number of hydrogen-bond acceptors (Lipinski definition) is 6. The smallest absolute Gasteiger partial charge is 0.410 e. The van der Waals surface area contributed by atoms with Crippen LogP contribution in [-0.4, -0.2) is 60.2 Å². The van der Waals surface area contributed by atoms with E-state index >= 15 is 0 Å². The third-order valence-electron chi connectivity index (χ3n) is 5.28. The molecule has 0 aromatic heterocycles. The summed E-state index contributed by atoms with van der Waals surface area (Å²) >= 11 is 0. The Labute approximate surface area is 171 Å². The summed E-state index contributed by atoms with van der Waals surface area (Å²) in [5, 5.41) is 13.4. The summed E-state index contributed by atoms with van der Waals surface area (Å²) in [7, 11) is 0. The molecule has 2 saturated heterocycles. The van der Waals surface area contributed by atoms with Crippen LogP contribution in [0, 0.1) is 5.82 Å². The molecule has 0 spiro atoms. The van der Waals surface area contributed by atoms with E-state index in [0.29, 0.717) is 18.7 Å². The number of oxime groups is 1. The molecule has 2 aliphatic rings. The Balaban J connectivity index is 1.42. The van der Waals surface area contributed by atoms with Gasteiger partial charge in [-0.25, -0.2) is 9.18 Å². The molecule has 0 unspecified atom stereocenters. The minimum Gasteiger partial charge on any atom is -0.447 e. The maximum atomic E-state index is 13.9. The largest absolute Gasteiger partial charge is 0.447 e. The highest BCUT2D eigenvalue weighted by Gasteiger charge is 2.26. The quantitative estimate of drug-likeness (QED) is 0.758. The fraction of sp³-hybridized carbons (Fsp3) is 0.619. The van der Waals surface area contributed by atoms with E-state index in [0.717, 1.165) is 50.2 Å². The molecule has 0 bridgehead atoms. The summed E-state index contributed by atoms with van der Waals surface area (Å²) in [6, 6.07) is 4.94. The first-order valence-corrected chi connectivity index (χ1v) is 10.3. The van der Waals surface area contributed by atoms with Crippen LogP contribution in [0.3, 0.4) is 0 Å². The number of anilines is 1. The topological polar surface area (TPSA) is 74.6 Å². The number of carbonyl (C=O) groups is 1. The Morgan fingerprint density at radius 1 is 1.24 bits per heavy atom. The highest BCUT2D eigenvalue weighted by molar-refractivity contribution is 5.86. The van der Waals surface area contributed by atoms with Gasteiger partial charge in [0.05, 0.1) is 18.4 Å². The Morgan fingerprint density at radius 3 is 2.52 bits per heavy atom. The highest BCUT2D eigenvalue weighted by atomic mass is 19.1. The molecule has 1 N–H and O–H groups in total. The number of benzene rings is 1. The third kappa shape index (κ3) is 5.82. The first kappa shape index (κ1) is 21.4. The predicted octanol–water partition coefficient (Wildman–Crippen LogP) is 3.30. The first-order valence-electron chi connectivity index (χ1n) is 10.3. The zero-order valence-corrected chi connectivity index (χ0v) is 17.1. The van der Waals surface area contributed by atoms with Gasteiger partial charge in [0.25, 0.3) is 0 Å². The van der Waals surface area contributed by atoms with Crippen molar-refractivity contribution in [2.45, 2.75) is 58.3 Å². The van der Waals surface area contributed by atoms with Gasteiger partial charge in [0.15, 0.2) is 0 Å². The summed E-state index contributed by atoms with van der Waals surface area (Å²) in [6.45, 7) is 6.12. The summed E-state index contributed by atoms with van der Waals surface area (Å²) in [4.78, 5) is 21.5. The molecule has 8 heteroatoms. The van der Waals surface area contributed by atoms with E-state index in [1.165, 1.54) is 6.07 Å². The van der Waals surface area contributed by atoms with Crippen molar-refractivity contribution in [3.05, 3.63) is 29.6 Å². The number of ether oxygens (including phenoxy) is 1. The normalized spacial score (nSPS) is 18.2. The molecule has 160 valence electrons. The Kier molecular flexibility index (Phi) is 7.30. The minimum absolute atomic E-state index is 0.0174. The van der Waals surface area contributed by atoms with Gasteiger partial charge < -0.3 is 24.5 Å². The van der Waals surface area contributed by atoms with Gasteiger partial charge in [0, 0.05) is 63.1 Å². The molecule has 1 aromatic carbocycles. The van der Waals surface area contributed by atoms with Gasteiger partial charge in [-0.3, -0.25) is 0 Å². The van der Waals surface area contributed by atoms with E-state index in [-0.39, 0.29) is 30.7 Å². The van der Waals surface area contributed by atoms with Crippen LogP contribution in [0.25, 0.3) is 0 Å². The number of halogens is 1. The van der Waals surface area contributed by atoms with E-state index in [2.05, 4.69) is 10.1 Å². The number of aliphatic hydroxyl groups excluding tert-OH is 1. The maximum Gasteiger partial charge on any atom is 0.410 e. The van der Waals surface area contributed by atoms with E-state index in [9.17, 15) is 9.18 Å². The van der Waals surface area contributed by atoms with Crippen molar-refractivity contribution in [1.29, 1.82) is 0 Å². The summed E-state index contributed by atoms with van der Waals surface area (Å²) in [5.41, 5.74) is 2.14. The molecular weight excluding hydrogens is 377 g/mol. The second kappa shape index (κ2) is 9.91. The molecule has 0 atom stereocenters. The van der Waals surface area contributed by atoms with Crippen molar-refractivity contribution in [3.8, 4) is 0 Å². The number of amides is 1. The van der Waals surface area contributed by atoms with Crippen LogP contribution in [0.15, 0.2) is 23.4 Å². The highest BCUT2D eigenvalue weighted by Crippen LogP contribution is 2.22. The Bertz CT molecular complexity index is 723. The lowest BCUT2D eigenvalue weighted by Gasteiger charge is -2.32. The predicted molar refractivity (Wildman–Crippen MR) is 109 cm³/mol. The zero-order valence-electron chi connectivity index (χ0n) is 17.1. The van der Waals surface area contributed by atoms with E-state index in [1.54, 1.807) is 11.0 Å². The van der Waals surface area contributed by atoms with Crippen molar-refractivity contribution >= 4 is 17.5 Å². The van der Waals surface area contributed by atoms with Crippen LogP contribution in [0.5, 0.6) is 0 Å². The van der Waals surface area contributed by atoms with Gasteiger partial charge in [-0.15, -0.1) is 0 Å². The van der Waals surface area contributed by atoms with Crippen molar-refractivity contribution in [2.75, 3.05) is 31.1 Å². The lowest BCUT2D eigenvalue weighted by Crippen LogP contribution is -2.41. The zero-order chi connectivity index (χ0) is 20.8. The number of rotatable bonds is 5. The SMILES string of the molecule is CC(C)OC(=O)N1CCC(ON=C2CCN(c3ccc(CO)c(F)c3)CC2)CC1. The van der Waals surface area contributed by atoms with E-state index in [1.807, 2.05) is 19.9 Å². The summed E-state index contributed by atoms with van der Waals surface area (Å²) < 4.78 is 19.1. The van der Waals surface area contributed by atoms with Gasteiger partial charge in [-0.2, -0.15) is 0 Å². The van der Waals surface area contributed by atoms with Crippen LogP contribution in [0.1, 0.15) is 45.1 Å². The molecule has 3 rings (SSSR count). The second-order valence-electron chi connectivity index (χ2n) is 7.80. The van der Waals surface area contributed by atoms with Crippen molar-refractivity contribution in [1.82, 2.24) is 4.90 Å². The second-order valence-corrected chi connectivity index (χ2v) is 7.80. The third-order valence-corrected chi connectivity index (χ3v) is 5.28. The molecule has 7 nitrogen and oxygen atoms in total. The minimum atomic E-state index is -0.378. The number of nitrogens with zero attached hydrogens (tertiary/aromatic N) is 3. The fourth-order valence-corrected chi connectivity index (χ4v) is 3.54. The van der Waals surface area contributed by atoms with Crippen LogP contribution < -0.4 is 4.90 Å². The van der Waals surface area contributed by atoms with Crippen molar-refractivity contribution in [2.24, 2.45) is 5.16 Å². The molecule has 29 heavy (non-hydrogen) atoms. The Morgan fingerprint density at radius 2 is 1.93 bits per heavy atom. The van der Waals surface area contributed by atoms with Crippen LogP contribution >= 0.6 is 0 Å². The standard InChI is InChI=1S/C21H30FN3O4/c1-15(2)28-21(27)25-11-7-19(8-12-25)29-23-17-5-9-24(10-6-17)18-4-3-16(14-26)20(22)13-18/h3-4,13,15,19,26H,5-12,14H2,1-2H3. The van der Waals surface area contributed by atoms with Gasteiger partial charge in [0.2, 0.25) is 0 Å². The van der Waals surface area contributed by atoms with Crippen LogP contribution in [0.4, 0.5) is 14.9 Å². The lowest BCUT2D eigenvalue weighted by molar-refractivity contribution is 0.00415.